The van der Waals surface area contributed by atoms with Crippen molar-refractivity contribution in [1.82, 2.24) is 20.4 Å². The van der Waals surface area contributed by atoms with Crippen LogP contribution in [0.5, 0.6) is 0 Å². The van der Waals surface area contributed by atoms with Crippen molar-refractivity contribution in [2.45, 2.75) is 112 Å². The number of alkyl carbamates (subject to hydrolysis) is 2. The van der Waals surface area contributed by atoms with Crippen LogP contribution in [-0.2, 0) is 22.7 Å². The number of ether oxygens (including phenoxy) is 2. The van der Waals surface area contributed by atoms with E-state index in [1.54, 1.807) is 9.80 Å². The van der Waals surface area contributed by atoms with Crippen molar-refractivity contribution in [3.05, 3.63) is 71.8 Å². The Hall–Kier alpha value is -3.60. The minimum atomic E-state index is -4.58. The molecule has 52 heavy (non-hydrogen) atoms. The van der Waals surface area contributed by atoms with Crippen LogP contribution in [-0.4, -0.2) is 106 Å². The highest BCUT2D eigenvalue weighted by molar-refractivity contribution is 5.68. The first-order chi connectivity index (χ1) is 24.5. The summed E-state index contributed by atoms with van der Waals surface area (Å²) in [5, 5.41) is 24.7. The topological polar surface area (TPSA) is 124 Å². The molecule has 2 aliphatic carbocycles. The Labute approximate surface area is 301 Å². The number of rotatable bonds is 8. The molecule has 2 saturated carbocycles. The monoisotopic (exact) mass is 748 g/mol. The lowest BCUT2D eigenvalue weighted by Gasteiger charge is -2.51. The van der Waals surface area contributed by atoms with E-state index in [1.165, 1.54) is 0 Å². The number of halogens is 6. The number of amides is 2. The number of nitrogens with one attached hydrogen (secondary N) is 2. The van der Waals surface area contributed by atoms with Crippen molar-refractivity contribution in [3.63, 3.8) is 0 Å². The molecule has 2 saturated heterocycles. The van der Waals surface area contributed by atoms with Gasteiger partial charge in [-0.2, -0.15) is 26.3 Å². The molecule has 0 radical (unpaired) electrons. The molecule has 4 fully saturated rings. The van der Waals surface area contributed by atoms with E-state index in [2.05, 4.69) is 10.6 Å². The molecule has 2 aromatic carbocycles. The van der Waals surface area contributed by atoms with E-state index in [-0.39, 0.29) is 66.4 Å². The van der Waals surface area contributed by atoms with Gasteiger partial charge in [-0.3, -0.25) is 9.80 Å². The molecule has 16 heteroatoms. The number of carbonyl (C=O) groups is 2. The van der Waals surface area contributed by atoms with E-state index in [9.17, 15) is 46.1 Å². The molecule has 0 bridgehead atoms. The van der Waals surface area contributed by atoms with E-state index in [0.717, 1.165) is 11.1 Å². The Morgan fingerprint density at radius 2 is 0.923 bits per heavy atom. The van der Waals surface area contributed by atoms with Gasteiger partial charge in [0.1, 0.15) is 13.2 Å². The number of likely N-dealkylation sites (tertiary alicyclic amines) is 2. The number of hydrogen-bond donors (Lipinski definition) is 4. The molecule has 0 atom stereocenters. The number of alkyl halides is 6. The third-order valence-electron chi connectivity index (χ3n) is 10.4. The molecule has 4 N–H and O–H groups in total. The molecule has 4 aliphatic rings. The Bertz CT molecular complexity index is 1340. The van der Waals surface area contributed by atoms with Crippen molar-refractivity contribution >= 4 is 12.2 Å². The van der Waals surface area contributed by atoms with Crippen molar-refractivity contribution in [1.29, 1.82) is 0 Å². The lowest BCUT2D eigenvalue weighted by Crippen LogP contribution is -2.71. The minimum Gasteiger partial charge on any atom is -0.445 e. The number of nitrogens with zero attached hydrogens (tertiary/aromatic N) is 2. The Kier molecular flexibility index (Phi) is 12.6. The van der Waals surface area contributed by atoms with E-state index < -0.39 is 35.7 Å². The highest BCUT2D eigenvalue weighted by Crippen LogP contribution is 2.42. The molecule has 6 rings (SSSR count). The van der Waals surface area contributed by atoms with Crippen LogP contribution in [0.4, 0.5) is 35.9 Å². The van der Waals surface area contributed by atoms with Crippen molar-refractivity contribution in [2.24, 2.45) is 0 Å². The zero-order chi connectivity index (χ0) is 37.6. The summed E-state index contributed by atoms with van der Waals surface area (Å²) in [6.45, 7) is -1.05. The number of carbonyl (C=O) groups excluding carboxylic acids is 2. The summed E-state index contributed by atoms with van der Waals surface area (Å²) >= 11 is 0. The van der Waals surface area contributed by atoms with Crippen LogP contribution in [0.1, 0.15) is 65.3 Å². The number of benzene rings is 2. The standard InChI is InChI=1S/2C18H23F3N2O3.2H2/c2*19-18(20,21)17(25)11-23(12-17)15-8-6-14(7-9-15)22-16(24)26-10-13-4-2-1-3-5-13;;/h2*1-5,14-15,25H,6-12H2,(H,22,24);2*1H. The molecule has 2 amide bonds. The lowest BCUT2D eigenvalue weighted by atomic mass is 9.84. The van der Waals surface area contributed by atoms with Crippen molar-refractivity contribution in [3.8, 4) is 0 Å². The summed E-state index contributed by atoms with van der Waals surface area (Å²) < 4.78 is 86.5. The summed E-state index contributed by atoms with van der Waals surface area (Å²) in [5.74, 6) is 0. The smallest absolute Gasteiger partial charge is 0.419 e. The van der Waals surface area contributed by atoms with Gasteiger partial charge in [0, 0.05) is 53.2 Å². The Balaban J connectivity index is 0.000000280. The van der Waals surface area contributed by atoms with Gasteiger partial charge in [-0.05, 0) is 62.5 Å². The molecular weight excluding hydrogens is 698 g/mol. The molecule has 292 valence electrons. The average molecular weight is 749 g/mol. The number of aliphatic hydroxyl groups is 2. The van der Waals surface area contributed by atoms with Crippen LogP contribution in [0.2, 0.25) is 0 Å². The zero-order valence-electron chi connectivity index (χ0n) is 28.7. The molecular formula is C36H50F6N4O6. The number of β-amino-alcohol motifs (C(OH)–C–C–N with tert-alkyl or cyclic N) is 2. The number of hydrogen-bond acceptors (Lipinski definition) is 8. The molecule has 0 unspecified atom stereocenters. The Morgan fingerprint density at radius 3 is 1.21 bits per heavy atom. The van der Waals surface area contributed by atoms with Crippen LogP contribution in [0.25, 0.3) is 0 Å². The third kappa shape index (κ3) is 10.3. The second-order valence-electron chi connectivity index (χ2n) is 14.3. The van der Waals surface area contributed by atoms with Gasteiger partial charge < -0.3 is 30.3 Å². The summed E-state index contributed by atoms with van der Waals surface area (Å²) in [4.78, 5) is 27.1. The first-order valence-corrected chi connectivity index (χ1v) is 17.5. The normalized spacial score (nSPS) is 26.0. The maximum atomic E-state index is 12.7. The van der Waals surface area contributed by atoms with Gasteiger partial charge in [-0.15, -0.1) is 0 Å². The fourth-order valence-corrected chi connectivity index (χ4v) is 7.16. The van der Waals surface area contributed by atoms with Crippen LogP contribution in [0.15, 0.2) is 60.7 Å². The van der Waals surface area contributed by atoms with Gasteiger partial charge in [0.15, 0.2) is 11.2 Å². The van der Waals surface area contributed by atoms with Crippen LogP contribution < -0.4 is 10.6 Å². The molecule has 2 heterocycles. The predicted octanol–water partition coefficient (Wildman–Crippen LogP) is 6.16. The maximum Gasteiger partial charge on any atom is 0.419 e. The zero-order valence-corrected chi connectivity index (χ0v) is 28.7. The summed E-state index contributed by atoms with van der Waals surface area (Å²) in [6, 6.07) is 18.7. The van der Waals surface area contributed by atoms with Crippen molar-refractivity contribution in [2.75, 3.05) is 26.2 Å². The van der Waals surface area contributed by atoms with E-state index in [0.29, 0.717) is 51.4 Å². The van der Waals surface area contributed by atoms with Gasteiger partial charge in [0.05, 0.1) is 0 Å². The fourth-order valence-electron chi connectivity index (χ4n) is 7.16. The lowest BCUT2D eigenvalue weighted by molar-refractivity contribution is -0.306. The molecule has 0 aromatic heterocycles. The van der Waals surface area contributed by atoms with Gasteiger partial charge in [-0.1, -0.05) is 60.7 Å². The second-order valence-corrected chi connectivity index (χ2v) is 14.3. The Morgan fingerprint density at radius 1 is 0.615 bits per heavy atom. The van der Waals surface area contributed by atoms with Crippen molar-refractivity contribution < 1.29 is 58.5 Å². The quantitative estimate of drug-likeness (QED) is 0.237. The second kappa shape index (κ2) is 16.6. The summed E-state index contributed by atoms with van der Waals surface area (Å²) in [6.07, 6.45) is -4.60. The summed E-state index contributed by atoms with van der Waals surface area (Å²) in [7, 11) is 0. The first-order valence-electron chi connectivity index (χ1n) is 17.5. The SMILES string of the molecule is O=C(NC1CCC(N2CC(O)(C(F)(F)F)C2)CC1)OCc1ccccc1.O=C(NC1CCC(N2CC(O)(C(F)(F)F)C2)CC1)OCc1ccccc1.[HH].[HH]. The van der Waals surface area contributed by atoms with E-state index >= 15 is 0 Å². The van der Waals surface area contributed by atoms with Crippen LogP contribution >= 0.6 is 0 Å². The minimum absolute atomic E-state index is 0. The van der Waals surface area contributed by atoms with Gasteiger partial charge in [0.25, 0.3) is 0 Å². The average Bonchev–Trinajstić information content (AvgIpc) is 3.08. The highest BCUT2D eigenvalue weighted by Gasteiger charge is 2.62. The van der Waals surface area contributed by atoms with Gasteiger partial charge in [0.2, 0.25) is 0 Å². The molecule has 2 aromatic rings. The highest BCUT2D eigenvalue weighted by atomic mass is 19.4. The third-order valence-corrected chi connectivity index (χ3v) is 10.4. The van der Waals surface area contributed by atoms with Crippen LogP contribution in [0, 0.1) is 0 Å². The van der Waals surface area contributed by atoms with Crippen LogP contribution in [0.3, 0.4) is 0 Å². The van der Waals surface area contributed by atoms with E-state index in [4.69, 9.17) is 9.47 Å². The molecule has 0 spiro atoms. The maximum absolute atomic E-state index is 12.7. The predicted molar refractivity (Wildman–Crippen MR) is 181 cm³/mol. The largest absolute Gasteiger partial charge is 0.445 e. The van der Waals surface area contributed by atoms with Gasteiger partial charge >= 0.3 is 24.5 Å². The molecule has 10 nitrogen and oxygen atoms in total. The molecule has 2 aliphatic heterocycles. The first kappa shape index (κ1) is 39.6. The fraction of sp³-hybridized carbons (Fsp3) is 0.611. The van der Waals surface area contributed by atoms with Gasteiger partial charge in [-0.25, -0.2) is 9.59 Å². The summed E-state index contributed by atoms with van der Waals surface area (Å²) in [5.41, 5.74) is -3.32. The van der Waals surface area contributed by atoms with E-state index in [1.807, 2.05) is 60.7 Å².